The summed E-state index contributed by atoms with van der Waals surface area (Å²) in [5, 5.41) is 2.76. The molecule has 1 unspecified atom stereocenters. The van der Waals surface area contributed by atoms with Crippen molar-refractivity contribution in [3.05, 3.63) is 59.4 Å². The second-order valence-electron chi connectivity index (χ2n) is 4.25. The summed E-state index contributed by atoms with van der Waals surface area (Å²) in [7, 11) is 0. The molecule has 0 aliphatic carbocycles. The number of rotatable bonds is 3. The third-order valence-corrected chi connectivity index (χ3v) is 2.84. The van der Waals surface area contributed by atoms with E-state index >= 15 is 0 Å². The van der Waals surface area contributed by atoms with E-state index in [9.17, 15) is 13.2 Å². The summed E-state index contributed by atoms with van der Waals surface area (Å²) in [5.41, 5.74) is 6.20. The zero-order valence-electron chi connectivity index (χ0n) is 10.3. The molecule has 0 amide bonds. The SMILES string of the molecule is CC(Nc1c(N)ccc(F)c1F)c1cccc(F)c1. The molecule has 0 aliphatic heterocycles. The van der Waals surface area contributed by atoms with Gasteiger partial charge in [-0.25, -0.2) is 13.2 Å². The van der Waals surface area contributed by atoms with Gasteiger partial charge in [-0.2, -0.15) is 0 Å². The van der Waals surface area contributed by atoms with Crippen molar-refractivity contribution < 1.29 is 13.2 Å². The summed E-state index contributed by atoms with van der Waals surface area (Å²) in [6.07, 6.45) is 0. The van der Waals surface area contributed by atoms with E-state index in [-0.39, 0.29) is 17.2 Å². The molecule has 0 aromatic heterocycles. The van der Waals surface area contributed by atoms with Crippen molar-refractivity contribution in [3.63, 3.8) is 0 Å². The molecule has 0 fully saturated rings. The first kappa shape index (κ1) is 13.3. The molecule has 0 aliphatic rings. The van der Waals surface area contributed by atoms with Crippen LogP contribution >= 0.6 is 0 Å². The zero-order chi connectivity index (χ0) is 14.0. The Morgan fingerprint density at radius 2 is 1.84 bits per heavy atom. The van der Waals surface area contributed by atoms with Crippen LogP contribution in [0.3, 0.4) is 0 Å². The Morgan fingerprint density at radius 3 is 2.53 bits per heavy atom. The number of nitrogen functional groups attached to an aromatic ring is 1. The van der Waals surface area contributed by atoms with E-state index in [0.29, 0.717) is 5.56 Å². The summed E-state index contributed by atoms with van der Waals surface area (Å²) >= 11 is 0. The van der Waals surface area contributed by atoms with Crippen LogP contribution in [0.5, 0.6) is 0 Å². The van der Waals surface area contributed by atoms with Crippen molar-refractivity contribution in [2.75, 3.05) is 11.1 Å². The maximum atomic E-state index is 13.6. The van der Waals surface area contributed by atoms with Crippen molar-refractivity contribution >= 4 is 11.4 Å². The van der Waals surface area contributed by atoms with E-state index in [1.54, 1.807) is 19.1 Å². The molecule has 2 nitrogen and oxygen atoms in total. The molecular weight excluding hydrogens is 253 g/mol. The Hall–Kier alpha value is -2.17. The van der Waals surface area contributed by atoms with Gasteiger partial charge in [0.15, 0.2) is 11.6 Å². The Morgan fingerprint density at radius 1 is 1.11 bits per heavy atom. The predicted octanol–water partition coefficient (Wildman–Crippen LogP) is 3.86. The van der Waals surface area contributed by atoms with E-state index in [1.807, 2.05) is 0 Å². The molecule has 0 radical (unpaired) electrons. The minimum Gasteiger partial charge on any atom is -0.397 e. The molecule has 0 bridgehead atoms. The normalized spacial score (nSPS) is 12.2. The van der Waals surface area contributed by atoms with Gasteiger partial charge in [-0.3, -0.25) is 0 Å². The molecule has 3 N–H and O–H groups in total. The minimum atomic E-state index is -1.04. The van der Waals surface area contributed by atoms with Crippen LogP contribution in [0.1, 0.15) is 18.5 Å². The molecule has 100 valence electrons. The highest BCUT2D eigenvalue weighted by atomic mass is 19.2. The topological polar surface area (TPSA) is 38.0 Å². The lowest BCUT2D eigenvalue weighted by Crippen LogP contribution is -2.11. The summed E-state index contributed by atoms with van der Waals surface area (Å²) in [6.45, 7) is 1.71. The Bertz CT molecular complexity index is 599. The van der Waals surface area contributed by atoms with Crippen LogP contribution in [0.4, 0.5) is 24.5 Å². The minimum absolute atomic E-state index is 0.0992. The lowest BCUT2D eigenvalue weighted by Gasteiger charge is -2.18. The summed E-state index contributed by atoms with van der Waals surface area (Å²) in [4.78, 5) is 0. The van der Waals surface area contributed by atoms with Crippen molar-refractivity contribution in [2.45, 2.75) is 13.0 Å². The van der Waals surface area contributed by atoms with Crippen molar-refractivity contribution in [3.8, 4) is 0 Å². The number of nitrogens with two attached hydrogens (primary N) is 1. The van der Waals surface area contributed by atoms with E-state index in [0.717, 1.165) is 6.07 Å². The Balaban J connectivity index is 2.29. The quantitative estimate of drug-likeness (QED) is 0.828. The van der Waals surface area contributed by atoms with Gasteiger partial charge >= 0.3 is 0 Å². The van der Waals surface area contributed by atoms with Crippen LogP contribution in [0, 0.1) is 17.5 Å². The number of hydrogen-bond acceptors (Lipinski definition) is 2. The van der Waals surface area contributed by atoms with Gasteiger partial charge in [0.25, 0.3) is 0 Å². The highest BCUT2D eigenvalue weighted by Crippen LogP contribution is 2.28. The van der Waals surface area contributed by atoms with E-state index in [2.05, 4.69) is 5.32 Å². The molecule has 19 heavy (non-hydrogen) atoms. The number of benzene rings is 2. The van der Waals surface area contributed by atoms with Crippen LogP contribution < -0.4 is 11.1 Å². The monoisotopic (exact) mass is 266 g/mol. The molecular formula is C14H13F3N2. The van der Waals surface area contributed by atoms with Crippen LogP contribution in [-0.4, -0.2) is 0 Å². The number of hydrogen-bond donors (Lipinski definition) is 2. The van der Waals surface area contributed by atoms with Gasteiger partial charge in [0, 0.05) is 6.04 Å². The lowest BCUT2D eigenvalue weighted by atomic mass is 10.1. The number of anilines is 2. The molecule has 1 atom stereocenters. The fraction of sp³-hybridized carbons (Fsp3) is 0.143. The van der Waals surface area contributed by atoms with Gasteiger partial charge in [0.1, 0.15) is 5.82 Å². The summed E-state index contributed by atoms with van der Waals surface area (Å²) in [5.74, 6) is -2.41. The molecule has 5 heteroatoms. The molecule has 0 heterocycles. The lowest BCUT2D eigenvalue weighted by molar-refractivity contribution is 0.510. The highest BCUT2D eigenvalue weighted by molar-refractivity contribution is 5.67. The third kappa shape index (κ3) is 2.81. The van der Waals surface area contributed by atoms with Gasteiger partial charge in [0.2, 0.25) is 0 Å². The molecule has 2 aromatic carbocycles. The van der Waals surface area contributed by atoms with Crippen LogP contribution in [0.25, 0.3) is 0 Å². The first-order valence-corrected chi connectivity index (χ1v) is 5.74. The second kappa shape index (κ2) is 5.22. The Labute approximate surface area is 109 Å². The number of halogens is 3. The van der Waals surface area contributed by atoms with Gasteiger partial charge in [-0.05, 0) is 36.8 Å². The average Bonchev–Trinajstić information content (AvgIpc) is 2.39. The van der Waals surface area contributed by atoms with Gasteiger partial charge in [-0.1, -0.05) is 12.1 Å². The average molecular weight is 266 g/mol. The molecule has 2 rings (SSSR count). The Kier molecular flexibility index (Phi) is 3.64. The zero-order valence-corrected chi connectivity index (χ0v) is 10.3. The second-order valence-corrected chi connectivity index (χ2v) is 4.25. The highest BCUT2D eigenvalue weighted by Gasteiger charge is 2.15. The molecule has 0 saturated carbocycles. The predicted molar refractivity (Wildman–Crippen MR) is 69.2 cm³/mol. The summed E-state index contributed by atoms with van der Waals surface area (Å²) in [6, 6.07) is 7.71. The molecule has 2 aromatic rings. The van der Waals surface area contributed by atoms with E-state index in [1.165, 1.54) is 18.2 Å². The van der Waals surface area contributed by atoms with Gasteiger partial charge < -0.3 is 11.1 Å². The fourth-order valence-corrected chi connectivity index (χ4v) is 1.79. The van der Waals surface area contributed by atoms with E-state index < -0.39 is 17.7 Å². The van der Waals surface area contributed by atoms with Crippen LogP contribution in [0.2, 0.25) is 0 Å². The van der Waals surface area contributed by atoms with Crippen molar-refractivity contribution in [2.24, 2.45) is 0 Å². The van der Waals surface area contributed by atoms with Crippen LogP contribution in [-0.2, 0) is 0 Å². The van der Waals surface area contributed by atoms with Gasteiger partial charge in [0.05, 0.1) is 11.4 Å². The standard InChI is InChI=1S/C14H13F3N2/c1-8(9-3-2-4-10(15)7-9)19-14-12(18)6-5-11(16)13(14)17/h2-8,19H,18H2,1H3. The molecule has 0 saturated heterocycles. The third-order valence-electron chi connectivity index (χ3n) is 2.84. The first-order valence-electron chi connectivity index (χ1n) is 5.74. The first-order chi connectivity index (χ1) is 8.99. The maximum absolute atomic E-state index is 13.6. The smallest absolute Gasteiger partial charge is 0.183 e. The molecule has 0 spiro atoms. The van der Waals surface area contributed by atoms with Gasteiger partial charge in [-0.15, -0.1) is 0 Å². The summed E-state index contributed by atoms with van der Waals surface area (Å²) < 4.78 is 39.9. The van der Waals surface area contributed by atoms with Crippen LogP contribution in [0.15, 0.2) is 36.4 Å². The van der Waals surface area contributed by atoms with Crippen molar-refractivity contribution in [1.82, 2.24) is 0 Å². The maximum Gasteiger partial charge on any atom is 0.183 e. The van der Waals surface area contributed by atoms with E-state index in [4.69, 9.17) is 5.73 Å². The number of nitrogens with one attached hydrogen (secondary N) is 1. The largest absolute Gasteiger partial charge is 0.397 e. The van der Waals surface area contributed by atoms with Crippen molar-refractivity contribution in [1.29, 1.82) is 0 Å². The fourth-order valence-electron chi connectivity index (χ4n) is 1.79.